The van der Waals surface area contributed by atoms with Crippen molar-refractivity contribution < 1.29 is 31.5 Å². The van der Waals surface area contributed by atoms with Gasteiger partial charge >= 0.3 is 0 Å². The number of hydrogen-bond acceptors (Lipinski definition) is 0. The molecule has 0 radical (unpaired) electrons. The third kappa shape index (κ3) is 4.38. The Kier molecular flexibility index (Phi) is 2.86. The quantitative estimate of drug-likeness (QED) is 0.175. The van der Waals surface area contributed by atoms with Crippen LogP contribution in [0.15, 0.2) is 181 Å². The van der Waals surface area contributed by atoms with Crippen molar-refractivity contribution in [2.45, 2.75) is 0 Å². The van der Waals surface area contributed by atoms with Gasteiger partial charge in [0, 0.05) is 0 Å². The lowest BCUT2D eigenvalue weighted by Crippen LogP contribution is -1.92. The summed E-state index contributed by atoms with van der Waals surface area (Å²) < 4.78 is 209. The van der Waals surface area contributed by atoms with Gasteiger partial charge in [0.25, 0.3) is 0 Å². The highest BCUT2D eigenvalue weighted by molar-refractivity contribution is 6.22. The van der Waals surface area contributed by atoms with Crippen LogP contribution in [0.4, 0.5) is 0 Å². The first-order chi connectivity index (χ1) is 32.4. The molecule has 0 heteroatoms. The zero-order valence-corrected chi connectivity index (χ0v) is 23.5. The minimum atomic E-state index is -0.986. The predicted molar refractivity (Wildman–Crippen MR) is 198 cm³/mol. The molecule has 0 saturated carbocycles. The molecule has 0 aliphatic heterocycles. The molecule has 0 heterocycles. The molecule has 0 aliphatic rings. The molecule has 0 fully saturated rings. The summed E-state index contributed by atoms with van der Waals surface area (Å²) in [5.74, 6) is 0. The first-order valence-electron chi connectivity index (χ1n) is 25.6. The fourth-order valence-corrected chi connectivity index (χ4v) is 5.67. The van der Waals surface area contributed by atoms with Gasteiger partial charge in [0.2, 0.25) is 0 Å². The van der Waals surface area contributed by atoms with Crippen LogP contribution in [-0.2, 0) is 0 Å². The maximum absolute atomic E-state index is 10.0. The number of benzene rings is 9. The molecular formula is C46H30. The summed E-state index contributed by atoms with van der Waals surface area (Å²) in [7, 11) is 0. The van der Waals surface area contributed by atoms with Crippen LogP contribution in [0.1, 0.15) is 31.5 Å². The van der Waals surface area contributed by atoms with E-state index in [4.69, 9.17) is 19.2 Å². The van der Waals surface area contributed by atoms with Crippen LogP contribution in [0.3, 0.4) is 0 Å². The van der Waals surface area contributed by atoms with Gasteiger partial charge in [-0.25, -0.2) is 0 Å². The van der Waals surface area contributed by atoms with E-state index in [0.29, 0.717) is 10.8 Å². The summed E-state index contributed by atoms with van der Waals surface area (Å²) in [6.45, 7) is 0. The molecule has 0 spiro atoms. The van der Waals surface area contributed by atoms with E-state index in [2.05, 4.69) is 0 Å². The average molecular weight is 606 g/mol. The van der Waals surface area contributed by atoms with E-state index in [1.807, 2.05) is 0 Å². The zero-order valence-electron chi connectivity index (χ0n) is 46.5. The molecule has 9 rings (SSSR count). The van der Waals surface area contributed by atoms with Crippen LogP contribution in [0.2, 0.25) is 0 Å². The van der Waals surface area contributed by atoms with Gasteiger partial charge in [-0.1, -0.05) is 163 Å². The lowest BCUT2D eigenvalue weighted by atomic mass is 9.84. The molecule has 0 saturated heterocycles. The molecule has 0 nitrogen and oxygen atoms in total. The summed E-state index contributed by atoms with van der Waals surface area (Å²) in [5.41, 5.74) is -4.21. The Morgan fingerprint density at radius 3 is 1.80 bits per heavy atom. The van der Waals surface area contributed by atoms with Crippen LogP contribution in [-0.4, -0.2) is 0 Å². The summed E-state index contributed by atoms with van der Waals surface area (Å²) >= 11 is 0. The van der Waals surface area contributed by atoms with E-state index in [0.717, 1.165) is 0 Å². The van der Waals surface area contributed by atoms with Crippen molar-refractivity contribution in [1.82, 2.24) is 0 Å². The number of rotatable bonds is 4. The van der Waals surface area contributed by atoms with Crippen molar-refractivity contribution in [3.8, 4) is 44.5 Å². The fourth-order valence-electron chi connectivity index (χ4n) is 5.67. The molecule has 214 valence electrons. The van der Waals surface area contributed by atoms with Crippen LogP contribution in [0.5, 0.6) is 0 Å². The summed E-state index contributed by atoms with van der Waals surface area (Å²) in [4.78, 5) is 0. The minimum absolute atomic E-state index is 0.224. The van der Waals surface area contributed by atoms with Gasteiger partial charge < -0.3 is 0 Å². The van der Waals surface area contributed by atoms with E-state index in [1.54, 1.807) is 42.5 Å². The average Bonchev–Trinajstić information content (AvgIpc) is 3.33. The largest absolute Gasteiger partial charge is 0.0636 e. The standard InChI is InChI=1S/C46H30/c1-2-12-31(13-3-1)35-26-27-43-44(30-35)46(38-25-24-32-14-4-5-16-34(32)28-38)42-22-9-8-21-41(42)45(43)37-19-10-18-36(29-37)40-23-11-17-33-15-6-7-20-39(33)40/h1-30H/i1D,2D,3D,4D,5D,8D,9D,10D,12D,13D,14D,16D,18D,19D,21D,22D,24D,25D,26D,27D,28D,29D,30D. The van der Waals surface area contributed by atoms with Crippen molar-refractivity contribution in [1.29, 1.82) is 0 Å². The van der Waals surface area contributed by atoms with E-state index < -0.39 is 205 Å². The SMILES string of the molecule is [2H]c1c([2H])c([2H])c(-c2c([2H])c([2H])c3c(-c4c([2H])c([2H])c([2H])c(-c5cccc6ccccc56)c4[2H])c4c([2H])c([2H])c([2H])c([2H])c4c(-c4c([2H])c([2H])c5c([2H])c([2H])c([2H])c([2H])c5c4[2H])c3c2[2H])c([2H])c1[2H]. The Balaban J connectivity index is 1.66. The van der Waals surface area contributed by atoms with E-state index in [9.17, 15) is 12.3 Å². The number of hydrogen-bond donors (Lipinski definition) is 0. The van der Waals surface area contributed by atoms with Gasteiger partial charge in [-0.15, -0.1) is 0 Å². The Labute approximate surface area is 301 Å². The van der Waals surface area contributed by atoms with E-state index in [1.165, 1.54) is 0 Å². The molecule has 0 bridgehead atoms. The highest BCUT2D eigenvalue weighted by Gasteiger charge is 2.18. The third-order valence-corrected chi connectivity index (χ3v) is 7.68. The third-order valence-electron chi connectivity index (χ3n) is 7.68. The highest BCUT2D eigenvalue weighted by Crippen LogP contribution is 2.46. The smallest absolute Gasteiger partial charge is 0.0622 e. The van der Waals surface area contributed by atoms with E-state index in [-0.39, 0.29) is 11.1 Å². The monoisotopic (exact) mass is 605 g/mol. The van der Waals surface area contributed by atoms with Crippen LogP contribution >= 0.6 is 0 Å². The maximum atomic E-state index is 10.0. The molecule has 0 amide bonds. The predicted octanol–water partition coefficient (Wildman–Crippen LogP) is 13.0. The minimum Gasteiger partial charge on any atom is -0.0622 e. The van der Waals surface area contributed by atoms with Crippen molar-refractivity contribution in [3.05, 3.63) is 181 Å². The van der Waals surface area contributed by atoms with Crippen molar-refractivity contribution >= 4 is 43.1 Å². The first kappa shape index (κ1) is 12.1. The van der Waals surface area contributed by atoms with Crippen molar-refractivity contribution in [2.24, 2.45) is 0 Å². The molecular weight excluding hydrogens is 553 g/mol. The summed E-state index contributed by atoms with van der Waals surface area (Å²) in [6, 6.07) is -8.18. The number of fused-ring (bicyclic) bond motifs is 4. The fraction of sp³-hybridized carbons (Fsp3) is 0. The molecule has 0 aliphatic carbocycles. The van der Waals surface area contributed by atoms with Crippen LogP contribution in [0, 0.1) is 0 Å². The van der Waals surface area contributed by atoms with Crippen molar-refractivity contribution in [3.63, 3.8) is 0 Å². The first-order valence-corrected chi connectivity index (χ1v) is 14.1. The molecule has 0 aromatic heterocycles. The highest BCUT2D eigenvalue weighted by atomic mass is 14.2. The van der Waals surface area contributed by atoms with E-state index >= 15 is 0 Å². The molecule has 0 unspecified atom stereocenters. The second kappa shape index (κ2) is 10.9. The normalized spacial score (nSPS) is 18.5. The van der Waals surface area contributed by atoms with Gasteiger partial charge in [0.05, 0.1) is 31.5 Å². The molecule has 0 N–H and O–H groups in total. The lowest BCUT2D eigenvalue weighted by molar-refractivity contribution is 1.62. The topological polar surface area (TPSA) is 0 Å². The molecule has 46 heavy (non-hydrogen) atoms. The second-order valence-corrected chi connectivity index (χ2v) is 10.3. The Morgan fingerprint density at radius 1 is 0.304 bits per heavy atom. The maximum Gasteiger partial charge on any atom is 0.0636 e. The van der Waals surface area contributed by atoms with Gasteiger partial charge in [0.15, 0.2) is 0 Å². The molecule has 9 aromatic carbocycles. The Morgan fingerprint density at radius 2 is 0.935 bits per heavy atom. The van der Waals surface area contributed by atoms with Gasteiger partial charge in [0.1, 0.15) is 0 Å². The summed E-state index contributed by atoms with van der Waals surface area (Å²) in [6.07, 6.45) is 0. The summed E-state index contributed by atoms with van der Waals surface area (Å²) in [5, 5.41) is -2.70. The molecule has 9 aromatic rings. The van der Waals surface area contributed by atoms with Gasteiger partial charge in [-0.05, 0) is 106 Å². The Hall–Kier alpha value is -5.98. The van der Waals surface area contributed by atoms with Gasteiger partial charge in [-0.3, -0.25) is 0 Å². The molecule has 0 atom stereocenters. The lowest BCUT2D eigenvalue weighted by Gasteiger charge is -2.19. The second-order valence-electron chi connectivity index (χ2n) is 10.3. The van der Waals surface area contributed by atoms with Gasteiger partial charge in [-0.2, -0.15) is 0 Å². The van der Waals surface area contributed by atoms with Crippen LogP contribution < -0.4 is 0 Å². The van der Waals surface area contributed by atoms with Crippen molar-refractivity contribution in [2.75, 3.05) is 0 Å². The van der Waals surface area contributed by atoms with Crippen LogP contribution in [0.25, 0.3) is 87.6 Å². The zero-order chi connectivity index (χ0) is 50.5. The Bertz CT molecular complexity index is 3840.